The molecule has 14 nitrogen and oxygen atoms in total. The van der Waals surface area contributed by atoms with Gasteiger partial charge in [0.15, 0.2) is 0 Å². The summed E-state index contributed by atoms with van der Waals surface area (Å²) in [6.07, 6.45) is -1.75. The van der Waals surface area contributed by atoms with Crippen molar-refractivity contribution in [2.75, 3.05) is 79.0 Å². The fourth-order valence-electron chi connectivity index (χ4n) is 3.27. The number of nitrogens with one attached hydrogen (secondary N) is 1. The smallest absolute Gasteiger partial charge is 0.333 e. The van der Waals surface area contributed by atoms with Gasteiger partial charge >= 0.3 is 5.97 Å². The van der Waals surface area contributed by atoms with Crippen LogP contribution in [-0.4, -0.2) is 148 Å². The van der Waals surface area contributed by atoms with Gasteiger partial charge in [-0.15, -0.1) is 0 Å². The molecule has 0 aliphatic heterocycles. The lowest BCUT2D eigenvalue weighted by molar-refractivity contribution is -0.893. The summed E-state index contributed by atoms with van der Waals surface area (Å²) < 4.78 is 68.6. The summed E-state index contributed by atoms with van der Waals surface area (Å²) >= 11 is 0. The van der Waals surface area contributed by atoms with E-state index < -0.39 is 49.9 Å². The van der Waals surface area contributed by atoms with E-state index in [1.165, 1.54) is 6.92 Å². The molecule has 0 aromatic heterocycles. The molecule has 0 saturated carbocycles. The Hall–Kier alpha value is -1.92. The summed E-state index contributed by atoms with van der Waals surface area (Å²) in [7, 11) is -1.76. The first-order chi connectivity index (χ1) is 17.4. The zero-order chi connectivity index (χ0) is 31.2. The van der Waals surface area contributed by atoms with Crippen LogP contribution in [0.3, 0.4) is 0 Å². The average molecular weight is 604 g/mol. The molecular weight excluding hydrogens is 558 g/mol. The molecule has 0 heterocycles. The number of hydrogen-bond donors (Lipinski definition) is 3. The Morgan fingerprint density at radius 3 is 1.62 bits per heavy atom. The SMILES string of the molecule is C=C(C)C(=O)NCCC[N+](C)(C)CC(O)CS(=O)(=O)[O-].C=C(C)C(=O)OCC[N+](C)(C)CC(O)CS(=O)(=O)[O-]. The maximum atomic E-state index is 11.2. The molecule has 0 bridgehead atoms. The van der Waals surface area contributed by atoms with E-state index in [-0.39, 0.29) is 30.1 Å². The van der Waals surface area contributed by atoms with Gasteiger partial charge in [0.2, 0.25) is 5.91 Å². The summed E-state index contributed by atoms with van der Waals surface area (Å²) in [5.41, 5.74) is 0.734. The van der Waals surface area contributed by atoms with Gasteiger partial charge in [0.1, 0.15) is 38.4 Å². The predicted octanol–water partition coefficient (Wildman–Crippen LogP) is -1.86. The van der Waals surface area contributed by atoms with Crippen LogP contribution in [0.5, 0.6) is 0 Å². The zero-order valence-corrected chi connectivity index (χ0v) is 25.3. The molecule has 0 fully saturated rings. The van der Waals surface area contributed by atoms with Crippen LogP contribution in [0.1, 0.15) is 20.3 Å². The number of quaternary nitrogens is 2. The molecule has 0 aromatic carbocycles. The number of rotatable bonds is 17. The molecule has 1 amide bonds. The van der Waals surface area contributed by atoms with E-state index in [9.17, 15) is 45.7 Å². The first kappa shape index (κ1) is 39.2. The third kappa shape index (κ3) is 24.8. The molecule has 3 N–H and O–H groups in total. The number of nitrogens with zero attached hydrogens (tertiary/aromatic N) is 2. The van der Waals surface area contributed by atoms with Gasteiger partial charge in [0.05, 0.1) is 66.5 Å². The van der Waals surface area contributed by atoms with Crippen molar-refractivity contribution in [3.63, 3.8) is 0 Å². The van der Waals surface area contributed by atoms with E-state index >= 15 is 0 Å². The molecule has 0 rings (SSSR count). The number of aliphatic hydroxyl groups excluding tert-OH is 2. The number of amides is 1. The molecule has 0 aliphatic carbocycles. The van der Waals surface area contributed by atoms with Crippen LogP contribution in [0.2, 0.25) is 0 Å². The second-order valence-electron chi connectivity index (χ2n) is 10.7. The highest BCUT2D eigenvalue weighted by atomic mass is 32.2. The van der Waals surface area contributed by atoms with Crippen molar-refractivity contribution >= 4 is 32.1 Å². The van der Waals surface area contributed by atoms with Crippen LogP contribution < -0.4 is 5.32 Å². The molecule has 39 heavy (non-hydrogen) atoms. The standard InChI is InChI=1S/C12H24N2O5S.C11H21NO6S/c1-10(2)12(16)13-6-5-7-14(3,4)8-11(15)9-20(17,18)19;1-9(2)11(14)18-6-5-12(3,4)7-10(13)8-19(15,16)17/h11,15H,1,5-9H2,2-4H3,(H-,13,16,17,18,19);10,13H,1,5-8H2,2-4H3. The lowest BCUT2D eigenvalue weighted by atomic mass is 10.2. The lowest BCUT2D eigenvalue weighted by Crippen LogP contribution is -2.49. The van der Waals surface area contributed by atoms with Gasteiger partial charge in [0, 0.05) is 24.1 Å². The molecule has 0 saturated heterocycles. The lowest BCUT2D eigenvalue weighted by Gasteiger charge is -2.32. The fraction of sp³-hybridized carbons (Fsp3) is 0.739. The molecule has 16 heteroatoms. The number of ether oxygens (including phenoxy) is 1. The molecule has 0 spiro atoms. The second kappa shape index (κ2) is 17.0. The second-order valence-corrected chi connectivity index (χ2v) is 13.6. The Morgan fingerprint density at radius 1 is 0.846 bits per heavy atom. The Morgan fingerprint density at radius 2 is 1.26 bits per heavy atom. The van der Waals surface area contributed by atoms with E-state index in [2.05, 4.69) is 18.5 Å². The van der Waals surface area contributed by atoms with Crippen molar-refractivity contribution in [2.45, 2.75) is 32.5 Å². The molecule has 2 atom stereocenters. The highest BCUT2D eigenvalue weighted by Gasteiger charge is 2.23. The van der Waals surface area contributed by atoms with Gasteiger partial charge in [-0.2, -0.15) is 0 Å². The first-order valence-corrected chi connectivity index (χ1v) is 15.1. The van der Waals surface area contributed by atoms with Crippen LogP contribution in [-0.2, 0) is 34.6 Å². The Balaban J connectivity index is 0. The maximum absolute atomic E-state index is 11.2. The van der Waals surface area contributed by atoms with Gasteiger partial charge < -0.3 is 38.3 Å². The van der Waals surface area contributed by atoms with E-state index in [1.54, 1.807) is 21.0 Å². The minimum Gasteiger partial charge on any atom is -0.748 e. The van der Waals surface area contributed by atoms with E-state index in [1.807, 2.05) is 14.1 Å². The van der Waals surface area contributed by atoms with Crippen LogP contribution in [0.15, 0.2) is 24.3 Å². The number of aliphatic hydroxyl groups is 2. The third-order valence-corrected chi connectivity index (χ3v) is 6.68. The van der Waals surface area contributed by atoms with Gasteiger partial charge in [-0.1, -0.05) is 13.2 Å². The fourth-order valence-corrected chi connectivity index (χ4v) is 4.42. The molecule has 230 valence electrons. The molecular formula is C23H45N3O11S2. The number of likely N-dealkylation sites (N-methyl/N-ethyl adjacent to an activating group) is 2. The summed E-state index contributed by atoms with van der Waals surface area (Å²) in [6, 6.07) is 0. The van der Waals surface area contributed by atoms with Crippen molar-refractivity contribution in [3.8, 4) is 0 Å². The van der Waals surface area contributed by atoms with Crippen molar-refractivity contribution in [1.29, 1.82) is 0 Å². The highest BCUT2D eigenvalue weighted by molar-refractivity contribution is 7.85. The minimum atomic E-state index is -4.45. The maximum Gasteiger partial charge on any atom is 0.333 e. The average Bonchev–Trinajstić information content (AvgIpc) is 2.67. The zero-order valence-electron chi connectivity index (χ0n) is 23.7. The van der Waals surface area contributed by atoms with Crippen molar-refractivity contribution in [1.82, 2.24) is 5.32 Å². The number of hydrogen-bond acceptors (Lipinski definition) is 11. The number of esters is 1. The van der Waals surface area contributed by atoms with E-state index in [0.29, 0.717) is 41.7 Å². The van der Waals surface area contributed by atoms with Gasteiger partial charge in [-0.05, 0) is 13.8 Å². The first-order valence-electron chi connectivity index (χ1n) is 12.0. The summed E-state index contributed by atoms with van der Waals surface area (Å²) in [4.78, 5) is 22.4. The molecule has 0 radical (unpaired) electrons. The monoisotopic (exact) mass is 603 g/mol. The summed E-state index contributed by atoms with van der Waals surface area (Å²) in [6.45, 7) is 12.0. The van der Waals surface area contributed by atoms with Crippen LogP contribution >= 0.6 is 0 Å². The normalized spacial score (nSPS) is 13.9. The van der Waals surface area contributed by atoms with Gasteiger partial charge in [-0.3, -0.25) is 4.79 Å². The Kier molecular flexibility index (Phi) is 17.1. The van der Waals surface area contributed by atoms with Crippen molar-refractivity contribution in [3.05, 3.63) is 24.3 Å². The quantitative estimate of drug-likeness (QED) is 0.0552. The highest BCUT2D eigenvalue weighted by Crippen LogP contribution is 2.04. The Bertz CT molecular complexity index is 1040. The van der Waals surface area contributed by atoms with Crippen LogP contribution in [0, 0.1) is 0 Å². The summed E-state index contributed by atoms with van der Waals surface area (Å²) in [5.74, 6) is -2.29. The largest absolute Gasteiger partial charge is 0.748 e. The number of carbonyl (C=O) groups is 2. The third-order valence-electron chi connectivity index (χ3n) is 5.09. The van der Waals surface area contributed by atoms with E-state index in [4.69, 9.17) is 4.74 Å². The van der Waals surface area contributed by atoms with E-state index in [0.717, 1.165) is 0 Å². The topological polar surface area (TPSA) is 210 Å². The van der Waals surface area contributed by atoms with Crippen LogP contribution in [0.4, 0.5) is 0 Å². The van der Waals surface area contributed by atoms with Gasteiger partial charge in [0.25, 0.3) is 0 Å². The summed E-state index contributed by atoms with van der Waals surface area (Å²) in [5, 5.41) is 21.8. The predicted molar refractivity (Wildman–Crippen MR) is 143 cm³/mol. The molecule has 2 unspecified atom stereocenters. The van der Waals surface area contributed by atoms with Gasteiger partial charge in [-0.25, -0.2) is 21.6 Å². The molecule has 0 aliphatic rings. The van der Waals surface area contributed by atoms with Crippen molar-refractivity contribution in [2.24, 2.45) is 0 Å². The minimum absolute atomic E-state index is 0.0755. The number of carbonyl (C=O) groups excluding carboxylic acids is 2. The van der Waals surface area contributed by atoms with Crippen LogP contribution in [0.25, 0.3) is 0 Å². The Labute approximate surface area is 232 Å². The molecule has 0 aromatic rings. The van der Waals surface area contributed by atoms with Crippen molar-refractivity contribution < 1.29 is 59.4 Å².